The number of hydrogen-bond acceptors (Lipinski definition) is 5. The van der Waals surface area contributed by atoms with Gasteiger partial charge in [0.2, 0.25) is 0 Å². The van der Waals surface area contributed by atoms with Gasteiger partial charge in [0.1, 0.15) is 24.3 Å². The van der Waals surface area contributed by atoms with E-state index < -0.39 is 5.82 Å². The summed E-state index contributed by atoms with van der Waals surface area (Å²) < 4.78 is 21.0. The Hall–Kier alpha value is -2.30. The van der Waals surface area contributed by atoms with Crippen molar-refractivity contribution in [2.24, 2.45) is 7.05 Å². The molecule has 1 aliphatic rings. The monoisotopic (exact) mass is 301 g/mol. The van der Waals surface area contributed by atoms with E-state index in [-0.39, 0.29) is 11.7 Å². The van der Waals surface area contributed by atoms with Crippen LogP contribution in [0.3, 0.4) is 0 Å². The van der Waals surface area contributed by atoms with E-state index in [1.165, 1.54) is 6.07 Å². The van der Waals surface area contributed by atoms with Crippen LogP contribution in [-0.2, 0) is 18.3 Å². The molecule has 7 heteroatoms. The molecule has 1 aromatic carbocycles. The summed E-state index contributed by atoms with van der Waals surface area (Å²) in [6, 6.07) is 6.52. The first-order valence-electron chi connectivity index (χ1n) is 7.03. The quantitative estimate of drug-likeness (QED) is 0.857. The lowest BCUT2D eigenvalue weighted by molar-refractivity contribution is -0.0385. The summed E-state index contributed by atoms with van der Waals surface area (Å²) in [4.78, 5) is 2.21. The number of nitriles is 1. The smallest absolute Gasteiger partial charge is 0.163 e. The second-order valence-electron chi connectivity index (χ2n) is 5.32. The fourth-order valence-corrected chi connectivity index (χ4v) is 2.60. The maximum atomic E-state index is 13.4. The number of aromatic nitrogens is 3. The van der Waals surface area contributed by atoms with Gasteiger partial charge in [0, 0.05) is 26.7 Å². The Balaban J connectivity index is 1.71. The summed E-state index contributed by atoms with van der Waals surface area (Å²) in [5, 5.41) is 16.9. The highest BCUT2D eigenvalue weighted by atomic mass is 19.1. The van der Waals surface area contributed by atoms with Crippen molar-refractivity contribution in [1.29, 1.82) is 5.26 Å². The summed E-state index contributed by atoms with van der Waals surface area (Å²) in [7, 11) is 1.89. The van der Waals surface area contributed by atoms with Crippen molar-refractivity contribution in [3.05, 3.63) is 47.3 Å². The van der Waals surface area contributed by atoms with Crippen LogP contribution in [0.25, 0.3) is 0 Å². The average Bonchev–Trinajstić information content (AvgIpc) is 2.95. The first-order chi connectivity index (χ1) is 10.7. The Morgan fingerprint density at radius 1 is 1.50 bits per heavy atom. The van der Waals surface area contributed by atoms with Crippen LogP contribution in [0.1, 0.15) is 23.1 Å². The van der Waals surface area contributed by atoms with Crippen LogP contribution in [0, 0.1) is 17.1 Å². The van der Waals surface area contributed by atoms with Crippen molar-refractivity contribution in [2.45, 2.75) is 12.6 Å². The third-order valence-electron chi connectivity index (χ3n) is 3.74. The molecular weight excluding hydrogens is 285 g/mol. The molecular formula is C15H16FN5O. The zero-order valence-corrected chi connectivity index (χ0v) is 12.2. The van der Waals surface area contributed by atoms with E-state index in [1.807, 2.05) is 17.7 Å². The fraction of sp³-hybridized carbons (Fsp3) is 0.400. The summed E-state index contributed by atoms with van der Waals surface area (Å²) >= 11 is 0. The van der Waals surface area contributed by atoms with Crippen molar-refractivity contribution in [2.75, 3.05) is 19.7 Å². The molecule has 114 valence electrons. The molecule has 0 spiro atoms. The molecule has 1 fully saturated rings. The first kappa shape index (κ1) is 14.6. The second kappa shape index (κ2) is 6.22. The lowest BCUT2D eigenvalue weighted by atomic mass is 10.1. The molecule has 0 N–H and O–H groups in total. The van der Waals surface area contributed by atoms with Gasteiger partial charge in [-0.1, -0.05) is 6.07 Å². The van der Waals surface area contributed by atoms with E-state index >= 15 is 0 Å². The van der Waals surface area contributed by atoms with E-state index in [2.05, 4.69) is 15.1 Å². The normalized spacial score (nSPS) is 19.0. The summed E-state index contributed by atoms with van der Waals surface area (Å²) in [6.07, 6.45) is 1.52. The van der Waals surface area contributed by atoms with E-state index in [0.29, 0.717) is 19.7 Å². The number of rotatable bonds is 3. The van der Waals surface area contributed by atoms with Crippen LogP contribution in [0.4, 0.5) is 4.39 Å². The predicted octanol–water partition coefficient (Wildman–Crippen LogP) is 1.40. The highest BCUT2D eigenvalue weighted by molar-refractivity contribution is 5.34. The predicted molar refractivity (Wildman–Crippen MR) is 76.1 cm³/mol. The van der Waals surface area contributed by atoms with Gasteiger partial charge in [-0.3, -0.25) is 4.90 Å². The minimum Gasteiger partial charge on any atom is -0.368 e. The zero-order chi connectivity index (χ0) is 15.5. The number of halogens is 1. The van der Waals surface area contributed by atoms with Crippen molar-refractivity contribution < 1.29 is 9.13 Å². The molecule has 0 bridgehead atoms. The van der Waals surface area contributed by atoms with Crippen LogP contribution >= 0.6 is 0 Å². The zero-order valence-electron chi connectivity index (χ0n) is 12.2. The van der Waals surface area contributed by atoms with Crippen LogP contribution in [0.15, 0.2) is 24.5 Å². The number of morpholine rings is 1. The second-order valence-corrected chi connectivity index (χ2v) is 5.32. The molecule has 1 saturated heterocycles. The van der Waals surface area contributed by atoms with Crippen LogP contribution in [-0.4, -0.2) is 39.4 Å². The SMILES string of the molecule is Cn1cnnc1[C@H]1CN(Cc2ccc(F)c(C#N)c2)CCO1. The molecule has 2 heterocycles. The lowest BCUT2D eigenvalue weighted by Gasteiger charge is -2.32. The van der Waals surface area contributed by atoms with Gasteiger partial charge in [-0.05, 0) is 17.7 Å². The average molecular weight is 301 g/mol. The van der Waals surface area contributed by atoms with Gasteiger partial charge >= 0.3 is 0 Å². The van der Waals surface area contributed by atoms with Crippen molar-refractivity contribution in [3.8, 4) is 6.07 Å². The molecule has 0 aliphatic carbocycles. The molecule has 0 saturated carbocycles. The number of nitrogens with zero attached hydrogens (tertiary/aromatic N) is 5. The third kappa shape index (κ3) is 2.98. The standard InChI is InChI=1S/C15H16FN5O/c1-20-10-18-19-15(20)14-9-21(4-5-22-14)8-11-2-3-13(16)12(6-11)7-17/h2-3,6,10,14H,4-5,8-9H2,1H3/t14-/m1/s1. The van der Waals surface area contributed by atoms with Gasteiger partial charge < -0.3 is 9.30 Å². The first-order valence-corrected chi connectivity index (χ1v) is 7.03. The maximum absolute atomic E-state index is 13.4. The van der Waals surface area contributed by atoms with E-state index in [0.717, 1.165) is 17.9 Å². The molecule has 1 aliphatic heterocycles. The Bertz CT molecular complexity index is 708. The molecule has 22 heavy (non-hydrogen) atoms. The van der Waals surface area contributed by atoms with Crippen molar-refractivity contribution >= 4 is 0 Å². The minimum atomic E-state index is -0.481. The Morgan fingerprint density at radius 2 is 2.36 bits per heavy atom. The largest absolute Gasteiger partial charge is 0.368 e. The minimum absolute atomic E-state index is 0.0793. The molecule has 1 atom stereocenters. The van der Waals surface area contributed by atoms with Gasteiger partial charge in [0.25, 0.3) is 0 Å². The molecule has 0 radical (unpaired) electrons. The molecule has 2 aromatic rings. The van der Waals surface area contributed by atoms with Crippen LogP contribution in [0.2, 0.25) is 0 Å². The van der Waals surface area contributed by atoms with Crippen molar-refractivity contribution in [3.63, 3.8) is 0 Å². The number of hydrogen-bond donors (Lipinski definition) is 0. The Labute approximate surface area is 127 Å². The lowest BCUT2D eigenvalue weighted by Crippen LogP contribution is -2.38. The third-order valence-corrected chi connectivity index (χ3v) is 3.74. The number of aryl methyl sites for hydroxylation is 1. The maximum Gasteiger partial charge on any atom is 0.163 e. The van der Waals surface area contributed by atoms with Crippen LogP contribution in [0.5, 0.6) is 0 Å². The summed E-state index contributed by atoms with van der Waals surface area (Å²) in [6.45, 7) is 2.72. The van der Waals surface area contributed by atoms with E-state index in [1.54, 1.807) is 18.5 Å². The van der Waals surface area contributed by atoms with Gasteiger partial charge in [-0.2, -0.15) is 5.26 Å². The molecule has 1 aromatic heterocycles. The summed E-state index contributed by atoms with van der Waals surface area (Å²) in [5.74, 6) is 0.312. The topological polar surface area (TPSA) is 67.0 Å². The molecule has 6 nitrogen and oxygen atoms in total. The summed E-state index contributed by atoms with van der Waals surface area (Å²) in [5.41, 5.74) is 0.993. The highest BCUT2D eigenvalue weighted by Crippen LogP contribution is 2.21. The fourth-order valence-electron chi connectivity index (χ4n) is 2.60. The van der Waals surface area contributed by atoms with Gasteiger partial charge in [-0.25, -0.2) is 4.39 Å². The highest BCUT2D eigenvalue weighted by Gasteiger charge is 2.25. The van der Waals surface area contributed by atoms with Crippen LogP contribution < -0.4 is 0 Å². The van der Waals surface area contributed by atoms with E-state index in [9.17, 15) is 4.39 Å². The van der Waals surface area contributed by atoms with Gasteiger partial charge in [0.15, 0.2) is 5.82 Å². The van der Waals surface area contributed by atoms with Crippen molar-refractivity contribution in [1.82, 2.24) is 19.7 Å². The number of ether oxygens (including phenoxy) is 1. The molecule has 3 rings (SSSR count). The molecule has 0 unspecified atom stereocenters. The Morgan fingerprint density at radius 3 is 3.09 bits per heavy atom. The van der Waals surface area contributed by atoms with Gasteiger partial charge in [-0.15, -0.1) is 10.2 Å². The van der Waals surface area contributed by atoms with Gasteiger partial charge in [0.05, 0.1) is 12.2 Å². The Kier molecular flexibility index (Phi) is 4.13. The van der Waals surface area contributed by atoms with E-state index in [4.69, 9.17) is 10.00 Å². The molecule has 0 amide bonds. The number of benzene rings is 1.